The third-order valence-electron chi connectivity index (χ3n) is 3.22. The molecular formula is C12H13ClO3. The second-order valence-corrected chi connectivity index (χ2v) is 4.53. The number of carboxylic acid groups (broad SMARTS) is 1. The van der Waals surface area contributed by atoms with E-state index in [0.717, 1.165) is 11.1 Å². The highest BCUT2D eigenvalue weighted by Crippen LogP contribution is 2.32. The van der Waals surface area contributed by atoms with Crippen molar-refractivity contribution in [2.45, 2.75) is 24.9 Å². The molecule has 16 heavy (non-hydrogen) atoms. The maximum atomic E-state index is 11.2. The van der Waals surface area contributed by atoms with Crippen molar-refractivity contribution in [2.24, 2.45) is 0 Å². The molecule has 0 saturated carbocycles. The van der Waals surface area contributed by atoms with Gasteiger partial charge < -0.3 is 9.84 Å². The Labute approximate surface area is 99.0 Å². The van der Waals surface area contributed by atoms with Crippen molar-refractivity contribution < 1.29 is 14.6 Å². The van der Waals surface area contributed by atoms with Gasteiger partial charge in [-0.2, -0.15) is 0 Å². The Bertz CT molecular complexity index is 430. The number of methoxy groups -OCH3 is 1. The molecule has 1 aromatic carbocycles. The average Bonchev–Trinajstić information content (AvgIpc) is 2.28. The smallest absolute Gasteiger partial charge is 0.336 e. The van der Waals surface area contributed by atoms with E-state index in [9.17, 15) is 9.90 Å². The van der Waals surface area contributed by atoms with Crippen LogP contribution in [0.15, 0.2) is 18.2 Å². The van der Waals surface area contributed by atoms with Crippen molar-refractivity contribution in [1.82, 2.24) is 0 Å². The molecule has 1 aliphatic rings. The Morgan fingerprint density at radius 3 is 2.88 bits per heavy atom. The minimum Gasteiger partial charge on any atom is -0.479 e. The van der Waals surface area contributed by atoms with Gasteiger partial charge >= 0.3 is 5.97 Å². The molecule has 3 nitrogen and oxygen atoms in total. The molecule has 0 aromatic heterocycles. The fraction of sp³-hybridized carbons (Fsp3) is 0.417. The molecular weight excluding hydrogens is 228 g/mol. The number of ether oxygens (including phenoxy) is 1. The van der Waals surface area contributed by atoms with Crippen LogP contribution in [0.1, 0.15) is 17.5 Å². The fourth-order valence-electron chi connectivity index (χ4n) is 2.18. The van der Waals surface area contributed by atoms with Crippen LogP contribution in [0, 0.1) is 0 Å². The summed E-state index contributed by atoms with van der Waals surface area (Å²) in [5.74, 6) is -0.893. The molecule has 0 aliphatic heterocycles. The Morgan fingerprint density at radius 1 is 1.50 bits per heavy atom. The minimum atomic E-state index is -1.07. The van der Waals surface area contributed by atoms with Crippen molar-refractivity contribution in [1.29, 1.82) is 0 Å². The Kier molecular flexibility index (Phi) is 2.91. The zero-order valence-electron chi connectivity index (χ0n) is 9.00. The van der Waals surface area contributed by atoms with Crippen molar-refractivity contribution >= 4 is 17.6 Å². The lowest BCUT2D eigenvalue weighted by Gasteiger charge is -2.33. The molecule has 1 aromatic rings. The normalized spacial score (nSPS) is 23.9. The molecule has 1 N–H and O–H groups in total. The lowest BCUT2D eigenvalue weighted by Crippen LogP contribution is -2.45. The van der Waals surface area contributed by atoms with Gasteiger partial charge in [-0.1, -0.05) is 17.7 Å². The summed E-state index contributed by atoms with van der Waals surface area (Å²) in [4.78, 5) is 11.2. The monoisotopic (exact) mass is 240 g/mol. The van der Waals surface area contributed by atoms with Gasteiger partial charge in [-0.15, -0.1) is 0 Å². The third kappa shape index (κ3) is 1.81. The van der Waals surface area contributed by atoms with Crippen LogP contribution in [0.4, 0.5) is 0 Å². The highest BCUT2D eigenvalue weighted by molar-refractivity contribution is 6.30. The molecule has 0 saturated heterocycles. The molecule has 0 bridgehead atoms. The molecule has 0 heterocycles. The van der Waals surface area contributed by atoms with Crippen LogP contribution in [-0.4, -0.2) is 23.8 Å². The van der Waals surface area contributed by atoms with E-state index in [-0.39, 0.29) is 0 Å². The predicted molar refractivity (Wildman–Crippen MR) is 60.9 cm³/mol. The molecule has 86 valence electrons. The van der Waals surface area contributed by atoms with Gasteiger partial charge in [-0.25, -0.2) is 4.79 Å². The third-order valence-corrected chi connectivity index (χ3v) is 3.46. The summed E-state index contributed by atoms with van der Waals surface area (Å²) in [5, 5.41) is 9.91. The Hall–Kier alpha value is -1.06. The summed E-state index contributed by atoms with van der Waals surface area (Å²) in [6.07, 6.45) is 1.59. The van der Waals surface area contributed by atoms with E-state index in [1.54, 1.807) is 6.07 Å². The number of carboxylic acids is 1. The zero-order chi connectivity index (χ0) is 11.8. The number of aliphatic carboxylic acids is 1. The number of aryl methyl sites for hydroxylation is 1. The van der Waals surface area contributed by atoms with E-state index in [1.807, 2.05) is 12.1 Å². The van der Waals surface area contributed by atoms with Crippen LogP contribution >= 0.6 is 11.6 Å². The summed E-state index contributed by atoms with van der Waals surface area (Å²) in [6.45, 7) is 0. The van der Waals surface area contributed by atoms with E-state index >= 15 is 0 Å². The van der Waals surface area contributed by atoms with Crippen LogP contribution in [0.3, 0.4) is 0 Å². The fourth-order valence-corrected chi connectivity index (χ4v) is 2.37. The van der Waals surface area contributed by atoms with Gasteiger partial charge in [-0.3, -0.25) is 0 Å². The number of hydrogen-bond donors (Lipinski definition) is 1. The molecule has 1 unspecified atom stereocenters. The molecule has 1 atom stereocenters. The number of carbonyl (C=O) groups is 1. The topological polar surface area (TPSA) is 46.5 Å². The number of halogens is 1. The largest absolute Gasteiger partial charge is 0.479 e. The minimum absolute atomic E-state index is 0.408. The second-order valence-electron chi connectivity index (χ2n) is 4.09. The molecule has 0 radical (unpaired) electrons. The molecule has 2 rings (SSSR count). The van der Waals surface area contributed by atoms with E-state index in [2.05, 4.69) is 0 Å². The summed E-state index contributed by atoms with van der Waals surface area (Å²) in [5.41, 5.74) is 1.07. The Balaban J connectivity index is 2.36. The van der Waals surface area contributed by atoms with Gasteiger partial charge in [0.25, 0.3) is 0 Å². The summed E-state index contributed by atoms with van der Waals surface area (Å²) in [7, 11) is 1.45. The highest BCUT2D eigenvalue weighted by atomic mass is 35.5. The SMILES string of the molecule is COC1(C(=O)O)CCc2cc(Cl)ccc2C1. The van der Waals surface area contributed by atoms with E-state index < -0.39 is 11.6 Å². The van der Waals surface area contributed by atoms with Crippen LogP contribution in [0.5, 0.6) is 0 Å². The number of rotatable bonds is 2. The molecule has 0 amide bonds. The van der Waals surface area contributed by atoms with E-state index in [4.69, 9.17) is 16.3 Å². The van der Waals surface area contributed by atoms with Crippen LogP contribution in [0.25, 0.3) is 0 Å². The van der Waals surface area contributed by atoms with Crippen LogP contribution in [-0.2, 0) is 22.4 Å². The molecule has 0 fully saturated rings. The van der Waals surface area contributed by atoms with Crippen molar-refractivity contribution in [3.8, 4) is 0 Å². The van der Waals surface area contributed by atoms with Gasteiger partial charge in [0.15, 0.2) is 5.60 Å². The maximum absolute atomic E-state index is 11.2. The second kappa shape index (κ2) is 4.07. The van der Waals surface area contributed by atoms with Crippen molar-refractivity contribution in [3.63, 3.8) is 0 Å². The van der Waals surface area contributed by atoms with Gasteiger partial charge in [0.2, 0.25) is 0 Å². The first-order valence-corrected chi connectivity index (χ1v) is 5.51. The van der Waals surface area contributed by atoms with Crippen molar-refractivity contribution in [3.05, 3.63) is 34.3 Å². The number of hydrogen-bond acceptors (Lipinski definition) is 2. The van der Waals surface area contributed by atoms with Gasteiger partial charge in [0, 0.05) is 18.6 Å². The molecule has 0 spiro atoms. The van der Waals surface area contributed by atoms with E-state index in [1.165, 1.54) is 7.11 Å². The summed E-state index contributed by atoms with van der Waals surface area (Å²) < 4.78 is 5.19. The molecule has 1 aliphatic carbocycles. The van der Waals surface area contributed by atoms with Gasteiger partial charge in [0.05, 0.1) is 0 Å². The molecule has 4 heteroatoms. The first kappa shape index (κ1) is 11.4. The summed E-state index contributed by atoms with van der Waals surface area (Å²) >= 11 is 5.90. The van der Waals surface area contributed by atoms with Gasteiger partial charge in [0.1, 0.15) is 0 Å². The average molecular weight is 241 g/mol. The first-order chi connectivity index (χ1) is 7.57. The standard InChI is InChI=1S/C12H13ClO3/c1-16-12(11(14)15)5-4-8-6-10(13)3-2-9(8)7-12/h2-3,6H,4-5,7H2,1H3,(H,14,15). The quantitative estimate of drug-likeness (QED) is 0.863. The lowest BCUT2D eigenvalue weighted by molar-refractivity contribution is -0.163. The predicted octanol–water partition coefficient (Wildman–Crippen LogP) is 2.30. The van der Waals surface area contributed by atoms with Crippen LogP contribution in [0.2, 0.25) is 5.02 Å². The Morgan fingerprint density at radius 2 is 2.25 bits per heavy atom. The number of benzene rings is 1. The summed E-state index contributed by atoms with van der Waals surface area (Å²) in [6, 6.07) is 5.57. The highest BCUT2D eigenvalue weighted by Gasteiger charge is 2.41. The lowest BCUT2D eigenvalue weighted by atomic mass is 9.80. The van der Waals surface area contributed by atoms with E-state index in [0.29, 0.717) is 24.3 Å². The first-order valence-electron chi connectivity index (χ1n) is 5.13. The number of fused-ring (bicyclic) bond motifs is 1. The van der Waals surface area contributed by atoms with Crippen LogP contribution < -0.4 is 0 Å². The van der Waals surface area contributed by atoms with Gasteiger partial charge in [-0.05, 0) is 36.1 Å². The maximum Gasteiger partial charge on any atom is 0.336 e. The zero-order valence-corrected chi connectivity index (χ0v) is 9.75. The van der Waals surface area contributed by atoms with Crippen molar-refractivity contribution in [2.75, 3.05) is 7.11 Å².